The largest absolute Gasteiger partial charge is 0.382 e. The van der Waals surface area contributed by atoms with Crippen molar-refractivity contribution in [3.63, 3.8) is 0 Å². The van der Waals surface area contributed by atoms with Gasteiger partial charge in [0.25, 0.3) is 0 Å². The molecule has 0 radical (unpaired) electrons. The summed E-state index contributed by atoms with van der Waals surface area (Å²) in [5.41, 5.74) is 1.31. The van der Waals surface area contributed by atoms with Crippen LogP contribution in [-0.4, -0.2) is 31.1 Å². The minimum Gasteiger partial charge on any atom is -0.382 e. The first kappa shape index (κ1) is 23.3. The van der Waals surface area contributed by atoms with Crippen molar-refractivity contribution >= 4 is 45.0 Å². The van der Waals surface area contributed by atoms with E-state index in [-0.39, 0.29) is 23.6 Å². The Bertz CT molecular complexity index is 949. The molecular formula is C20H24Cl2N2O4S. The smallest absolute Gasteiger partial charge is 0.322 e. The summed E-state index contributed by atoms with van der Waals surface area (Å²) in [5, 5.41) is 3.66. The van der Waals surface area contributed by atoms with Gasteiger partial charge in [0.05, 0.1) is 16.5 Å². The molecule has 1 N–H and O–H groups in total. The fraction of sp³-hybridized carbons (Fsp3) is 0.350. The summed E-state index contributed by atoms with van der Waals surface area (Å²) in [4.78, 5) is 14.6. The number of carbonyl (C=O) groups is 1. The highest BCUT2D eigenvalue weighted by molar-refractivity contribution is 7.87. The summed E-state index contributed by atoms with van der Waals surface area (Å²) in [6.07, 6.45) is 0.762. The van der Waals surface area contributed by atoms with Gasteiger partial charge in [0.2, 0.25) is 0 Å². The molecule has 0 aliphatic rings. The first-order valence-corrected chi connectivity index (χ1v) is 11.5. The normalized spacial score (nSPS) is 12.3. The van der Waals surface area contributed by atoms with Crippen LogP contribution >= 0.6 is 23.2 Å². The van der Waals surface area contributed by atoms with Crippen LogP contribution in [0.3, 0.4) is 0 Å². The quantitative estimate of drug-likeness (QED) is 0.525. The van der Waals surface area contributed by atoms with E-state index in [1.807, 2.05) is 13.8 Å². The van der Waals surface area contributed by atoms with E-state index in [1.54, 1.807) is 47.4 Å². The first-order valence-electron chi connectivity index (χ1n) is 9.19. The monoisotopic (exact) mass is 458 g/mol. The lowest BCUT2D eigenvalue weighted by atomic mass is 10.1. The lowest BCUT2D eigenvalue weighted by Crippen LogP contribution is -2.40. The SMILES string of the molecule is CCC(C)N(Cc1ccc(OS(=O)(=O)CC)cc1)C(=O)Nc1ccc(Cl)cc1Cl. The topological polar surface area (TPSA) is 75.7 Å². The highest BCUT2D eigenvalue weighted by Gasteiger charge is 2.20. The number of anilines is 1. The zero-order valence-corrected chi connectivity index (χ0v) is 18.8. The number of hydrogen-bond acceptors (Lipinski definition) is 4. The van der Waals surface area contributed by atoms with Gasteiger partial charge < -0.3 is 14.4 Å². The second kappa shape index (κ2) is 10.2. The predicted molar refractivity (Wildman–Crippen MR) is 117 cm³/mol. The Labute approximate surface area is 181 Å². The molecule has 1 unspecified atom stereocenters. The number of rotatable bonds is 8. The number of benzene rings is 2. The summed E-state index contributed by atoms with van der Waals surface area (Å²) in [6, 6.07) is 11.2. The van der Waals surface area contributed by atoms with Gasteiger partial charge in [-0.3, -0.25) is 0 Å². The minimum atomic E-state index is -3.58. The molecule has 0 aliphatic carbocycles. The average molecular weight is 459 g/mol. The van der Waals surface area contributed by atoms with Gasteiger partial charge in [-0.1, -0.05) is 42.3 Å². The third-order valence-electron chi connectivity index (χ3n) is 4.41. The number of carbonyl (C=O) groups excluding carboxylic acids is 1. The van der Waals surface area contributed by atoms with Crippen molar-refractivity contribution in [3.8, 4) is 5.75 Å². The van der Waals surface area contributed by atoms with Gasteiger partial charge >= 0.3 is 16.1 Å². The second-order valence-electron chi connectivity index (χ2n) is 6.51. The van der Waals surface area contributed by atoms with Crippen molar-refractivity contribution in [2.45, 2.75) is 39.8 Å². The Morgan fingerprint density at radius 2 is 1.79 bits per heavy atom. The van der Waals surface area contributed by atoms with Crippen LogP contribution in [0, 0.1) is 0 Å². The van der Waals surface area contributed by atoms with Gasteiger partial charge in [-0.2, -0.15) is 8.42 Å². The lowest BCUT2D eigenvalue weighted by molar-refractivity contribution is 0.187. The minimum absolute atomic E-state index is 0.0301. The molecule has 0 bridgehead atoms. The molecule has 158 valence electrons. The van der Waals surface area contributed by atoms with Crippen molar-refractivity contribution in [1.82, 2.24) is 4.90 Å². The van der Waals surface area contributed by atoms with Crippen molar-refractivity contribution in [3.05, 3.63) is 58.1 Å². The van der Waals surface area contributed by atoms with Crippen LogP contribution in [0.5, 0.6) is 5.75 Å². The summed E-state index contributed by atoms with van der Waals surface area (Å²) in [7, 11) is -3.58. The van der Waals surface area contributed by atoms with Crippen LogP contribution in [-0.2, 0) is 16.7 Å². The molecule has 1 atom stereocenters. The van der Waals surface area contributed by atoms with Gasteiger partial charge in [0.1, 0.15) is 5.75 Å². The average Bonchev–Trinajstić information content (AvgIpc) is 2.68. The third kappa shape index (κ3) is 6.80. The molecule has 0 aromatic heterocycles. The van der Waals surface area contributed by atoms with Crippen LogP contribution in [0.25, 0.3) is 0 Å². The molecule has 2 rings (SSSR count). The number of nitrogens with one attached hydrogen (secondary N) is 1. The predicted octanol–water partition coefficient (Wildman–Crippen LogP) is 5.55. The zero-order chi connectivity index (χ0) is 21.6. The highest BCUT2D eigenvalue weighted by atomic mass is 35.5. The van der Waals surface area contributed by atoms with E-state index in [9.17, 15) is 13.2 Å². The number of hydrogen-bond donors (Lipinski definition) is 1. The Hall–Kier alpha value is -1.96. The third-order valence-corrected chi connectivity index (χ3v) is 6.11. The standard InChI is InChI=1S/C20H24Cl2N2O4S/c1-4-14(3)24(20(25)23-19-11-8-16(21)12-18(19)22)13-15-6-9-17(10-7-15)28-29(26,27)5-2/h6-12,14H,4-5,13H2,1-3H3,(H,23,25). The molecule has 29 heavy (non-hydrogen) atoms. The molecule has 9 heteroatoms. The van der Waals surface area contributed by atoms with Crippen LogP contribution in [0.15, 0.2) is 42.5 Å². The van der Waals surface area contributed by atoms with E-state index >= 15 is 0 Å². The molecular weight excluding hydrogens is 435 g/mol. The molecule has 0 aliphatic heterocycles. The van der Waals surface area contributed by atoms with Crippen LogP contribution < -0.4 is 9.50 Å². The Balaban J connectivity index is 2.15. The van der Waals surface area contributed by atoms with Crippen molar-refractivity contribution in [1.29, 1.82) is 0 Å². The van der Waals surface area contributed by atoms with Crippen molar-refractivity contribution in [2.75, 3.05) is 11.1 Å². The summed E-state index contributed by atoms with van der Waals surface area (Å²) in [6.45, 7) is 5.80. The molecule has 2 aromatic rings. The number of nitrogens with zero attached hydrogens (tertiary/aromatic N) is 1. The Morgan fingerprint density at radius 1 is 1.14 bits per heavy atom. The van der Waals surface area contributed by atoms with Gasteiger partial charge in [-0.05, 0) is 56.2 Å². The van der Waals surface area contributed by atoms with E-state index in [0.29, 0.717) is 22.3 Å². The number of halogens is 2. The van der Waals surface area contributed by atoms with Crippen LogP contribution in [0.1, 0.15) is 32.8 Å². The summed E-state index contributed by atoms with van der Waals surface area (Å²) in [5.74, 6) is 0.132. The molecule has 6 nitrogen and oxygen atoms in total. The summed E-state index contributed by atoms with van der Waals surface area (Å²) >= 11 is 12.1. The first-order chi connectivity index (χ1) is 13.6. The zero-order valence-electron chi connectivity index (χ0n) is 16.5. The van der Waals surface area contributed by atoms with Gasteiger partial charge in [0.15, 0.2) is 0 Å². The second-order valence-corrected chi connectivity index (χ2v) is 9.22. The molecule has 0 heterocycles. The van der Waals surface area contributed by atoms with E-state index in [4.69, 9.17) is 27.4 Å². The highest BCUT2D eigenvalue weighted by Crippen LogP contribution is 2.26. The van der Waals surface area contributed by atoms with Crippen LogP contribution in [0.4, 0.5) is 10.5 Å². The Morgan fingerprint density at radius 3 is 2.34 bits per heavy atom. The maximum Gasteiger partial charge on any atom is 0.322 e. The maximum absolute atomic E-state index is 12.9. The summed E-state index contributed by atoms with van der Waals surface area (Å²) < 4.78 is 28.1. The fourth-order valence-electron chi connectivity index (χ4n) is 2.48. The number of urea groups is 1. The van der Waals surface area contributed by atoms with E-state index in [0.717, 1.165) is 12.0 Å². The van der Waals surface area contributed by atoms with E-state index < -0.39 is 10.1 Å². The van der Waals surface area contributed by atoms with Gasteiger partial charge in [0, 0.05) is 17.6 Å². The molecule has 0 saturated heterocycles. The molecule has 0 spiro atoms. The molecule has 0 fully saturated rings. The van der Waals surface area contributed by atoms with Crippen molar-refractivity contribution in [2.24, 2.45) is 0 Å². The van der Waals surface area contributed by atoms with E-state index in [2.05, 4.69) is 5.32 Å². The molecule has 2 amide bonds. The van der Waals surface area contributed by atoms with E-state index in [1.165, 1.54) is 6.92 Å². The fourth-order valence-corrected chi connectivity index (χ4v) is 3.46. The van der Waals surface area contributed by atoms with Crippen LogP contribution in [0.2, 0.25) is 10.0 Å². The van der Waals surface area contributed by atoms with Crippen molar-refractivity contribution < 1.29 is 17.4 Å². The molecule has 0 saturated carbocycles. The molecule has 2 aromatic carbocycles. The maximum atomic E-state index is 12.9. The lowest BCUT2D eigenvalue weighted by Gasteiger charge is -2.29. The van der Waals surface area contributed by atoms with Gasteiger partial charge in [-0.15, -0.1) is 0 Å². The van der Waals surface area contributed by atoms with Gasteiger partial charge in [-0.25, -0.2) is 4.79 Å². The number of amides is 2. The Kier molecular flexibility index (Phi) is 8.19.